The van der Waals surface area contributed by atoms with Crippen molar-refractivity contribution in [2.24, 2.45) is 11.8 Å². The van der Waals surface area contributed by atoms with E-state index < -0.39 is 0 Å². The van der Waals surface area contributed by atoms with Crippen LogP contribution in [0.25, 0.3) is 22.6 Å². The van der Waals surface area contributed by atoms with Gasteiger partial charge in [0, 0.05) is 36.7 Å². The highest BCUT2D eigenvalue weighted by atomic mass is 19.1. The zero-order valence-electron chi connectivity index (χ0n) is 21.0. The average Bonchev–Trinajstić information content (AvgIpc) is 3.36. The Hall–Kier alpha value is -4.00. The van der Waals surface area contributed by atoms with Gasteiger partial charge in [-0.1, -0.05) is 36.8 Å². The van der Waals surface area contributed by atoms with Crippen LogP contribution in [0.15, 0.2) is 71.1 Å². The second kappa shape index (κ2) is 10.5. The normalized spacial score (nSPS) is 15.1. The molecule has 4 aromatic rings. The zero-order chi connectivity index (χ0) is 25.9. The van der Waals surface area contributed by atoms with E-state index in [0.29, 0.717) is 42.2 Å². The molecule has 1 N–H and O–H groups in total. The lowest BCUT2D eigenvalue weighted by Crippen LogP contribution is -2.42. The molecule has 1 atom stereocenters. The standard InChI is InChI=1S/C30H30FN3O3/c1-19-3-7-23(8-4-19)29-33-26-17-24(9-12-27(26)37-29)30(36)34-15-13-22(14-16-34)20(2)28(35)32-18-21-5-10-25(31)11-6-21/h3-12,17,20,22H,13-16,18H2,1-2H3,(H,32,35)/t20-/m1/s1. The number of amides is 2. The van der Waals surface area contributed by atoms with Gasteiger partial charge in [0.15, 0.2) is 5.58 Å². The minimum Gasteiger partial charge on any atom is -0.436 e. The highest BCUT2D eigenvalue weighted by Crippen LogP contribution is 2.28. The Morgan fingerprint density at radius 2 is 1.76 bits per heavy atom. The van der Waals surface area contributed by atoms with Gasteiger partial charge in [-0.05, 0) is 73.7 Å². The number of halogens is 1. The van der Waals surface area contributed by atoms with Crippen molar-refractivity contribution in [3.63, 3.8) is 0 Å². The summed E-state index contributed by atoms with van der Waals surface area (Å²) in [4.78, 5) is 32.3. The van der Waals surface area contributed by atoms with Crippen LogP contribution in [0, 0.1) is 24.6 Å². The van der Waals surface area contributed by atoms with Crippen molar-refractivity contribution in [2.75, 3.05) is 13.1 Å². The lowest BCUT2D eigenvalue weighted by Gasteiger charge is -2.34. The molecule has 2 heterocycles. The van der Waals surface area contributed by atoms with Gasteiger partial charge in [0.2, 0.25) is 11.8 Å². The first kappa shape index (κ1) is 24.7. The van der Waals surface area contributed by atoms with Crippen molar-refractivity contribution in [3.8, 4) is 11.5 Å². The Balaban J connectivity index is 1.17. The van der Waals surface area contributed by atoms with Crippen molar-refractivity contribution in [2.45, 2.75) is 33.2 Å². The number of hydrogen-bond acceptors (Lipinski definition) is 4. The molecule has 7 heteroatoms. The van der Waals surface area contributed by atoms with Crippen LogP contribution >= 0.6 is 0 Å². The number of aryl methyl sites for hydroxylation is 1. The quantitative estimate of drug-likeness (QED) is 0.367. The Bertz CT molecular complexity index is 1400. The van der Waals surface area contributed by atoms with Gasteiger partial charge in [-0.3, -0.25) is 9.59 Å². The Morgan fingerprint density at radius 1 is 1.05 bits per heavy atom. The SMILES string of the molecule is Cc1ccc(-c2nc3cc(C(=O)N4CCC([C@@H](C)C(=O)NCc5ccc(F)cc5)CC4)ccc3o2)cc1. The number of nitrogens with one attached hydrogen (secondary N) is 1. The molecule has 0 spiro atoms. The number of hydrogen-bond donors (Lipinski definition) is 1. The zero-order valence-corrected chi connectivity index (χ0v) is 21.0. The third-order valence-corrected chi connectivity index (χ3v) is 7.26. The second-order valence-corrected chi connectivity index (χ2v) is 9.83. The van der Waals surface area contributed by atoms with Crippen molar-refractivity contribution >= 4 is 22.9 Å². The first-order chi connectivity index (χ1) is 17.9. The summed E-state index contributed by atoms with van der Waals surface area (Å²) in [5.41, 5.74) is 4.80. The summed E-state index contributed by atoms with van der Waals surface area (Å²) >= 11 is 0. The van der Waals surface area contributed by atoms with E-state index in [-0.39, 0.29) is 29.5 Å². The molecule has 2 amide bonds. The summed E-state index contributed by atoms with van der Waals surface area (Å²) in [6.07, 6.45) is 1.53. The molecule has 1 aliphatic heterocycles. The Morgan fingerprint density at radius 3 is 2.46 bits per heavy atom. The molecule has 0 radical (unpaired) electrons. The van der Waals surface area contributed by atoms with Gasteiger partial charge in [0.25, 0.3) is 5.91 Å². The molecule has 1 aliphatic rings. The van der Waals surface area contributed by atoms with Gasteiger partial charge in [0.05, 0.1) is 0 Å². The fourth-order valence-corrected chi connectivity index (χ4v) is 4.83. The fraction of sp³-hybridized carbons (Fsp3) is 0.300. The maximum absolute atomic E-state index is 13.2. The maximum Gasteiger partial charge on any atom is 0.253 e. The third kappa shape index (κ3) is 5.56. The molecule has 5 rings (SSSR count). The summed E-state index contributed by atoms with van der Waals surface area (Å²) in [6.45, 7) is 5.54. The van der Waals surface area contributed by atoms with Crippen molar-refractivity contribution < 1.29 is 18.4 Å². The molecule has 6 nitrogen and oxygen atoms in total. The van der Waals surface area contributed by atoms with Gasteiger partial charge in [0.1, 0.15) is 11.3 Å². The lowest BCUT2D eigenvalue weighted by molar-refractivity contribution is -0.126. The number of nitrogens with zero attached hydrogens (tertiary/aromatic N) is 2. The Kier molecular flexibility index (Phi) is 7.04. The number of aromatic nitrogens is 1. The molecule has 1 saturated heterocycles. The van der Waals surface area contributed by atoms with Gasteiger partial charge in [-0.15, -0.1) is 0 Å². The first-order valence-corrected chi connectivity index (χ1v) is 12.7. The van der Waals surface area contributed by atoms with Crippen LogP contribution in [0.5, 0.6) is 0 Å². The van der Waals surface area contributed by atoms with Gasteiger partial charge >= 0.3 is 0 Å². The molecule has 0 bridgehead atoms. The molecule has 0 saturated carbocycles. The van der Waals surface area contributed by atoms with Crippen molar-refractivity contribution in [1.82, 2.24) is 15.2 Å². The molecule has 37 heavy (non-hydrogen) atoms. The third-order valence-electron chi connectivity index (χ3n) is 7.26. The molecule has 1 fully saturated rings. The Labute approximate surface area is 215 Å². The number of oxazole rings is 1. The average molecular weight is 500 g/mol. The second-order valence-electron chi connectivity index (χ2n) is 9.83. The van der Waals surface area contributed by atoms with E-state index in [1.54, 1.807) is 30.3 Å². The van der Waals surface area contributed by atoms with Crippen LogP contribution in [0.1, 0.15) is 41.3 Å². The molecule has 0 unspecified atom stereocenters. The van der Waals surface area contributed by atoms with E-state index in [1.165, 1.54) is 12.1 Å². The van der Waals surface area contributed by atoms with E-state index in [0.717, 1.165) is 29.5 Å². The summed E-state index contributed by atoms with van der Waals surface area (Å²) < 4.78 is 19.0. The highest BCUT2D eigenvalue weighted by Gasteiger charge is 2.30. The van der Waals surface area contributed by atoms with Gasteiger partial charge in [-0.2, -0.15) is 0 Å². The number of rotatable bonds is 6. The number of likely N-dealkylation sites (tertiary alicyclic amines) is 1. The van der Waals surface area contributed by atoms with Crippen molar-refractivity contribution in [3.05, 3.63) is 89.2 Å². The van der Waals surface area contributed by atoms with E-state index in [1.807, 2.05) is 43.0 Å². The van der Waals surface area contributed by atoms with Crippen LogP contribution < -0.4 is 5.32 Å². The monoisotopic (exact) mass is 499 g/mol. The largest absolute Gasteiger partial charge is 0.436 e. The fourth-order valence-electron chi connectivity index (χ4n) is 4.83. The summed E-state index contributed by atoms with van der Waals surface area (Å²) in [7, 11) is 0. The van der Waals surface area contributed by atoms with Crippen LogP contribution in [0.4, 0.5) is 4.39 Å². The number of benzene rings is 3. The summed E-state index contributed by atoms with van der Waals surface area (Å²) in [5.74, 6) is 0.227. The van der Waals surface area contributed by atoms with Gasteiger partial charge < -0.3 is 14.6 Å². The number of fused-ring (bicyclic) bond motifs is 1. The molecular weight excluding hydrogens is 469 g/mol. The number of carbonyl (C=O) groups excluding carboxylic acids is 2. The van der Waals surface area contributed by atoms with E-state index in [2.05, 4.69) is 10.3 Å². The first-order valence-electron chi connectivity index (χ1n) is 12.7. The molecule has 1 aromatic heterocycles. The van der Waals surface area contributed by atoms with E-state index in [4.69, 9.17) is 4.42 Å². The maximum atomic E-state index is 13.2. The van der Waals surface area contributed by atoms with Crippen LogP contribution in [-0.2, 0) is 11.3 Å². The molecular formula is C30H30FN3O3. The van der Waals surface area contributed by atoms with Crippen LogP contribution in [-0.4, -0.2) is 34.8 Å². The molecule has 0 aliphatic carbocycles. The summed E-state index contributed by atoms with van der Waals surface area (Å²) in [5, 5.41) is 2.95. The number of carbonyl (C=O) groups is 2. The highest BCUT2D eigenvalue weighted by molar-refractivity contribution is 5.97. The minimum absolute atomic E-state index is 0.0185. The topological polar surface area (TPSA) is 75.4 Å². The summed E-state index contributed by atoms with van der Waals surface area (Å²) in [6, 6.07) is 19.5. The van der Waals surface area contributed by atoms with Crippen LogP contribution in [0.3, 0.4) is 0 Å². The minimum atomic E-state index is -0.294. The predicted molar refractivity (Wildman–Crippen MR) is 140 cm³/mol. The van der Waals surface area contributed by atoms with Crippen LogP contribution in [0.2, 0.25) is 0 Å². The number of piperidine rings is 1. The molecule has 190 valence electrons. The van der Waals surface area contributed by atoms with E-state index in [9.17, 15) is 14.0 Å². The van der Waals surface area contributed by atoms with E-state index >= 15 is 0 Å². The predicted octanol–water partition coefficient (Wildman–Crippen LogP) is 5.75. The smallest absolute Gasteiger partial charge is 0.253 e. The van der Waals surface area contributed by atoms with Crippen molar-refractivity contribution in [1.29, 1.82) is 0 Å². The molecule has 3 aromatic carbocycles. The lowest BCUT2D eigenvalue weighted by atomic mass is 9.84. The van der Waals surface area contributed by atoms with Gasteiger partial charge in [-0.25, -0.2) is 9.37 Å².